The minimum Gasteiger partial charge on any atom is -0.313 e. The summed E-state index contributed by atoms with van der Waals surface area (Å²) in [4.78, 5) is 5.16. The van der Waals surface area contributed by atoms with E-state index in [-0.39, 0.29) is 0 Å². The Morgan fingerprint density at radius 3 is 2.61 bits per heavy atom. The lowest BCUT2D eigenvalue weighted by Crippen LogP contribution is -2.46. The van der Waals surface area contributed by atoms with Crippen LogP contribution in [-0.2, 0) is 0 Å². The van der Waals surface area contributed by atoms with E-state index in [0.717, 1.165) is 12.6 Å². The number of nitrogens with one attached hydrogen (secondary N) is 1. The minimum atomic E-state index is 0.389. The summed E-state index contributed by atoms with van der Waals surface area (Å²) in [5.74, 6) is 0. The third-order valence-electron chi connectivity index (χ3n) is 4.26. The molecular weight excluding hydrogens is 222 g/mol. The molecule has 2 rings (SSSR count). The Bertz CT molecular complexity index is 260. The highest BCUT2D eigenvalue weighted by atomic mass is 15.2. The molecule has 0 spiro atoms. The fraction of sp³-hybridized carbons (Fsp3) is 1.00. The van der Waals surface area contributed by atoms with Gasteiger partial charge in [-0.25, -0.2) is 0 Å². The van der Waals surface area contributed by atoms with E-state index < -0.39 is 0 Å². The summed E-state index contributed by atoms with van der Waals surface area (Å²) >= 11 is 0. The first kappa shape index (κ1) is 14.3. The highest BCUT2D eigenvalue weighted by Crippen LogP contribution is 2.23. The Balaban J connectivity index is 1.81. The van der Waals surface area contributed by atoms with Gasteiger partial charge in [-0.2, -0.15) is 0 Å². The predicted molar refractivity (Wildman–Crippen MR) is 78.0 cm³/mol. The lowest BCUT2D eigenvalue weighted by atomic mass is 9.92. The summed E-state index contributed by atoms with van der Waals surface area (Å²) in [5.41, 5.74) is 0.389. The van der Waals surface area contributed by atoms with Crippen molar-refractivity contribution in [2.75, 3.05) is 39.8 Å². The van der Waals surface area contributed by atoms with E-state index in [4.69, 9.17) is 0 Å². The van der Waals surface area contributed by atoms with Crippen LogP contribution >= 0.6 is 0 Å². The van der Waals surface area contributed by atoms with E-state index in [9.17, 15) is 0 Å². The van der Waals surface area contributed by atoms with E-state index >= 15 is 0 Å². The highest BCUT2D eigenvalue weighted by molar-refractivity contribution is 4.87. The summed E-state index contributed by atoms with van der Waals surface area (Å²) in [7, 11) is 2.25. The molecule has 1 aliphatic heterocycles. The van der Waals surface area contributed by atoms with Crippen LogP contribution in [0.25, 0.3) is 0 Å². The van der Waals surface area contributed by atoms with E-state index in [1.807, 2.05) is 0 Å². The van der Waals surface area contributed by atoms with Crippen molar-refractivity contribution >= 4 is 0 Å². The zero-order chi connectivity index (χ0) is 13.2. The number of nitrogens with zero attached hydrogens (tertiary/aromatic N) is 2. The maximum atomic E-state index is 3.69. The van der Waals surface area contributed by atoms with Crippen molar-refractivity contribution in [3.8, 4) is 0 Å². The van der Waals surface area contributed by atoms with Gasteiger partial charge in [0.15, 0.2) is 0 Å². The molecule has 3 heteroatoms. The summed E-state index contributed by atoms with van der Waals surface area (Å²) in [6, 6.07) is 1.52. The second-order valence-corrected chi connectivity index (χ2v) is 7.25. The molecule has 1 aliphatic carbocycles. The fourth-order valence-corrected chi connectivity index (χ4v) is 2.97. The van der Waals surface area contributed by atoms with Crippen molar-refractivity contribution < 1.29 is 0 Å². The van der Waals surface area contributed by atoms with Crippen LogP contribution in [0.4, 0.5) is 0 Å². The molecule has 0 aromatic carbocycles. The molecule has 3 nitrogen and oxygen atoms in total. The first-order valence-corrected chi connectivity index (χ1v) is 7.62. The van der Waals surface area contributed by atoms with Crippen molar-refractivity contribution in [3.05, 3.63) is 0 Å². The third-order valence-corrected chi connectivity index (χ3v) is 4.26. The molecule has 0 bridgehead atoms. The van der Waals surface area contributed by atoms with Crippen LogP contribution in [0, 0.1) is 5.41 Å². The largest absolute Gasteiger partial charge is 0.313 e. The number of hydrogen-bond donors (Lipinski definition) is 1. The number of rotatable bonds is 5. The van der Waals surface area contributed by atoms with Gasteiger partial charge in [0, 0.05) is 31.7 Å². The van der Waals surface area contributed by atoms with Crippen molar-refractivity contribution in [2.45, 2.75) is 52.1 Å². The van der Waals surface area contributed by atoms with Crippen LogP contribution in [0.1, 0.15) is 40.0 Å². The van der Waals surface area contributed by atoms with Crippen molar-refractivity contribution in [3.63, 3.8) is 0 Å². The molecule has 0 amide bonds. The first-order valence-electron chi connectivity index (χ1n) is 7.62. The van der Waals surface area contributed by atoms with Gasteiger partial charge in [-0.05, 0) is 51.7 Å². The Labute approximate surface area is 113 Å². The van der Waals surface area contributed by atoms with Crippen LogP contribution < -0.4 is 5.32 Å². The quantitative estimate of drug-likeness (QED) is 0.806. The molecule has 18 heavy (non-hydrogen) atoms. The molecule has 0 radical (unpaired) electrons. The van der Waals surface area contributed by atoms with Crippen molar-refractivity contribution in [2.24, 2.45) is 5.41 Å². The molecule has 106 valence electrons. The van der Waals surface area contributed by atoms with Gasteiger partial charge in [0.25, 0.3) is 0 Å². The Kier molecular flexibility index (Phi) is 4.68. The van der Waals surface area contributed by atoms with Crippen LogP contribution in [0.2, 0.25) is 0 Å². The normalized spacial score (nSPS) is 28.3. The van der Waals surface area contributed by atoms with Gasteiger partial charge in [-0.15, -0.1) is 0 Å². The molecular formula is C15H31N3. The first-order chi connectivity index (χ1) is 8.46. The van der Waals surface area contributed by atoms with Crippen LogP contribution in [0.15, 0.2) is 0 Å². The van der Waals surface area contributed by atoms with E-state index in [1.165, 1.54) is 45.4 Å². The molecule has 1 heterocycles. The summed E-state index contributed by atoms with van der Waals surface area (Å²) in [6.07, 6.45) is 4.09. The molecule has 0 aromatic heterocycles. The summed E-state index contributed by atoms with van der Waals surface area (Å²) in [5, 5.41) is 3.69. The summed E-state index contributed by atoms with van der Waals surface area (Å²) < 4.78 is 0. The molecule has 1 saturated heterocycles. The zero-order valence-electron chi connectivity index (χ0n) is 12.7. The second-order valence-electron chi connectivity index (χ2n) is 7.25. The van der Waals surface area contributed by atoms with Crippen molar-refractivity contribution in [1.29, 1.82) is 0 Å². The molecule has 1 saturated carbocycles. The van der Waals surface area contributed by atoms with Gasteiger partial charge < -0.3 is 10.2 Å². The van der Waals surface area contributed by atoms with Gasteiger partial charge in [0.2, 0.25) is 0 Å². The van der Waals surface area contributed by atoms with E-state index in [2.05, 4.69) is 42.9 Å². The summed E-state index contributed by atoms with van der Waals surface area (Å²) in [6.45, 7) is 13.3. The standard InChI is InChI=1S/C15H31N3/c1-13-10-17(4)8-5-9-18(13)12-15(2,3)11-16-14-6-7-14/h13-14,16H,5-12H2,1-4H3. The Hall–Kier alpha value is -0.120. The maximum absolute atomic E-state index is 3.69. The lowest BCUT2D eigenvalue weighted by Gasteiger charge is -2.36. The molecule has 2 aliphatic rings. The lowest BCUT2D eigenvalue weighted by molar-refractivity contribution is 0.134. The molecule has 1 atom stereocenters. The SMILES string of the molecule is CC1CN(C)CCCN1CC(C)(C)CNC1CC1. The van der Waals surface area contributed by atoms with Crippen LogP contribution in [0.3, 0.4) is 0 Å². The minimum absolute atomic E-state index is 0.389. The van der Waals surface area contributed by atoms with Gasteiger partial charge in [0.05, 0.1) is 0 Å². The average Bonchev–Trinajstić information content (AvgIpc) is 3.08. The molecule has 1 unspecified atom stereocenters. The van der Waals surface area contributed by atoms with E-state index in [0.29, 0.717) is 11.5 Å². The topological polar surface area (TPSA) is 18.5 Å². The third kappa shape index (κ3) is 4.52. The monoisotopic (exact) mass is 253 g/mol. The van der Waals surface area contributed by atoms with Gasteiger partial charge >= 0.3 is 0 Å². The number of likely N-dealkylation sites (N-methyl/N-ethyl adjacent to an activating group) is 1. The smallest absolute Gasteiger partial charge is 0.0195 e. The maximum Gasteiger partial charge on any atom is 0.0195 e. The zero-order valence-corrected chi connectivity index (χ0v) is 12.7. The van der Waals surface area contributed by atoms with Crippen LogP contribution in [0.5, 0.6) is 0 Å². The van der Waals surface area contributed by atoms with Crippen molar-refractivity contribution in [1.82, 2.24) is 15.1 Å². The number of hydrogen-bond acceptors (Lipinski definition) is 3. The van der Waals surface area contributed by atoms with E-state index in [1.54, 1.807) is 0 Å². The van der Waals surface area contributed by atoms with Gasteiger partial charge in [-0.1, -0.05) is 13.8 Å². The predicted octanol–water partition coefficient (Wildman–Crippen LogP) is 1.79. The van der Waals surface area contributed by atoms with Gasteiger partial charge in [0.1, 0.15) is 0 Å². The Morgan fingerprint density at radius 1 is 1.22 bits per heavy atom. The van der Waals surface area contributed by atoms with Gasteiger partial charge in [-0.3, -0.25) is 4.90 Å². The molecule has 2 fully saturated rings. The average molecular weight is 253 g/mol. The second kappa shape index (κ2) is 5.89. The molecule has 1 N–H and O–H groups in total. The Morgan fingerprint density at radius 2 is 1.94 bits per heavy atom. The fourth-order valence-electron chi connectivity index (χ4n) is 2.97. The molecule has 0 aromatic rings. The highest BCUT2D eigenvalue weighted by Gasteiger charge is 2.29. The van der Waals surface area contributed by atoms with Crippen LogP contribution in [-0.4, -0.2) is 61.7 Å².